The smallest absolute Gasteiger partial charge is 0.276 e. The number of hydrogen-bond donors (Lipinski definition) is 2. The molecule has 2 amide bonds. The van der Waals surface area contributed by atoms with Crippen LogP contribution in [0.4, 0.5) is 0 Å². The van der Waals surface area contributed by atoms with E-state index in [0.29, 0.717) is 11.4 Å². The van der Waals surface area contributed by atoms with Crippen molar-refractivity contribution in [1.82, 2.24) is 25.6 Å². The van der Waals surface area contributed by atoms with Crippen LogP contribution in [0.5, 0.6) is 5.75 Å². The quantitative estimate of drug-likeness (QED) is 0.318. The van der Waals surface area contributed by atoms with E-state index >= 15 is 0 Å². The molecule has 0 atom stereocenters. The van der Waals surface area contributed by atoms with Gasteiger partial charge in [-0.05, 0) is 61.4 Å². The van der Waals surface area contributed by atoms with E-state index in [-0.39, 0.29) is 6.61 Å². The number of benzene rings is 2. The van der Waals surface area contributed by atoms with Gasteiger partial charge in [0.25, 0.3) is 11.8 Å². The number of nitrogens with one attached hydrogen (secondary N) is 2. The van der Waals surface area contributed by atoms with E-state index in [2.05, 4.69) is 20.9 Å². The van der Waals surface area contributed by atoms with E-state index in [1.807, 2.05) is 80.7 Å². The molecule has 2 aromatic heterocycles. The molecular formula is C27H25N5O3. The molecule has 2 N–H and O–H groups in total. The highest BCUT2D eigenvalue weighted by atomic mass is 16.5. The number of aryl methyl sites for hydroxylation is 2. The number of pyridine rings is 1. The van der Waals surface area contributed by atoms with Crippen LogP contribution in [-0.2, 0) is 9.59 Å². The molecule has 0 fully saturated rings. The van der Waals surface area contributed by atoms with Crippen LogP contribution in [-0.4, -0.2) is 33.2 Å². The number of hydrogen-bond acceptors (Lipinski definition) is 5. The third kappa shape index (κ3) is 6.20. The molecule has 0 bridgehead atoms. The van der Waals surface area contributed by atoms with Crippen LogP contribution in [0.15, 0.2) is 85.3 Å². The van der Waals surface area contributed by atoms with E-state index in [9.17, 15) is 9.59 Å². The van der Waals surface area contributed by atoms with Gasteiger partial charge in [0.05, 0.1) is 5.69 Å². The van der Waals surface area contributed by atoms with Crippen molar-refractivity contribution in [3.05, 3.63) is 102 Å². The Morgan fingerprint density at radius 1 is 1.03 bits per heavy atom. The Labute approximate surface area is 203 Å². The summed E-state index contributed by atoms with van der Waals surface area (Å²) in [5.41, 5.74) is 9.79. The van der Waals surface area contributed by atoms with Crippen molar-refractivity contribution in [3.8, 4) is 22.7 Å². The normalized spacial score (nSPS) is 10.8. The molecule has 4 rings (SSSR count). The van der Waals surface area contributed by atoms with Gasteiger partial charge in [-0.1, -0.05) is 30.3 Å². The van der Waals surface area contributed by atoms with Crippen molar-refractivity contribution in [2.24, 2.45) is 0 Å². The van der Waals surface area contributed by atoms with Gasteiger partial charge >= 0.3 is 0 Å². The van der Waals surface area contributed by atoms with Crippen molar-refractivity contribution in [2.45, 2.75) is 13.8 Å². The first-order chi connectivity index (χ1) is 17.0. The largest absolute Gasteiger partial charge is 0.483 e. The molecule has 4 aromatic rings. The zero-order valence-electron chi connectivity index (χ0n) is 19.4. The molecule has 35 heavy (non-hydrogen) atoms. The fraction of sp³-hybridized carbons (Fsp3) is 0.111. The zero-order chi connectivity index (χ0) is 24.6. The van der Waals surface area contributed by atoms with E-state index < -0.39 is 11.8 Å². The summed E-state index contributed by atoms with van der Waals surface area (Å²) in [6.45, 7) is 3.63. The summed E-state index contributed by atoms with van der Waals surface area (Å²) in [7, 11) is 0. The number of aromatic nitrogens is 3. The standard InChI is InChI=1S/C27H25N5O3/c1-19-10-11-20(2)24(15-19)35-18-26(34)30-29-25(33)13-12-22-17-32(23-8-4-3-5-9-23)31-27(22)21-7-6-14-28-16-21/h3-17H,18H2,1-2H3,(H,29,33)(H,30,34). The molecule has 0 aliphatic rings. The maximum Gasteiger partial charge on any atom is 0.276 e. The Balaban J connectivity index is 1.40. The summed E-state index contributed by atoms with van der Waals surface area (Å²) in [4.78, 5) is 28.6. The van der Waals surface area contributed by atoms with Crippen LogP contribution >= 0.6 is 0 Å². The van der Waals surface area contributed by atoms with Crippen molar-refractivity contribution in [3.63, 3.8) is 0 Å². The first kappa shape index (κ1) is 23.4. The third-order valence-electron chi connectivity index (χ3n) is 5.14. The first-order valence-electron chi connectivity index (χ1n) is 11.0. The van der Waals surface area contributed by atoms with E-state index in [1.165, 1.54) is 6.08 Å². The maximum atomic E-state index is 12.3. The molecule has 0 saturated carbocycles. The second kappa shape index (κ2) is 10.9. The molecule has 0 saturated heterocycles. The lowest BCUT2D eigenvalue weighted by Gasteiger charge is -2.10. The highest BCUT2D eigenvalue weighted by molar-refractivity contribution is 5.94. The number of rotatable bonds is 7. The highest BCUT2D eigenvalue weighted by Crippen LogP contribution is 2.24. The third-order valence-corrected chi connectivity index (χ3v) is 5.14. The van der Waals surface area contributed by atoms with Crippen molar-refractivity contribution in [2.75, 3.05) is 6.61 Å². The molecule has 0 radical (unpaired) electrons. The van der Waals surface area contributed by atoms with E-state index in [4.69, 9.17) is 4.74 Å². The molecular weight excluding hydrogens is 442 g/mol. The van der Waals surface area contributed by atoms with Crippen molar-refractivity contribution >= 4 is 17.9 Å². The number of carbonyl (C=O) groups excluding carboxylic acids is 2. The number of hydrazine groups is 1. The summed E-state index contributed by atoms with van der Waals surface area (Å²) in [5, 5.41) is 4.68. The average Bonchev–Trinajstić information content (AvgIpc) is 3.32. The van der Waals surface area contributed by atoms with Gasteiger partial charge in [0.1, 0.15) is 11.4 Å². The molecule has 2 heterocycles. The lowest BCUT2D eigenvalue weighted by atomic mass is 10.1. The monoisotopic (exact) mass is 467 g/mol. The maximum absolute atomic E-state index is 12.3. The Hall–Kier alpha value is -4.72. The number of carbonyl (C=O) groups is 2. The fourth-order valence-corrected chi connectivity index (χ4v) is 3.33. The minimum absolute atomic E-state index is 0.219. The van der Waals surface area contributed by atoms with Gasteiger partial charge in [-0.2, -0.15) is 5.10 Å². The second-order valence-corrected chi connectivity index (χ2v) is 7.88. The van der Waals surface area contributed by atoms with Gasteiger partial charge in [-0.25, -0.2) is 4.68 Å². The van der Waals surface area contributed by atoms with Gasteiger partial charge in [-0.3, -0.25) is 25.4 Å². The minimum atomic E-state index is -0.491. The topological polar surface area (TPSA) is 98.1 Å². The van der Waals surface area contributed by atoms with Crippen LogP contribution in [0.2, 0.25) is 0 Å². The lowest BCUT2D eigenvalue weighted by Crippen LogP contribution is -2.43. The Morgan fingerprint density at radius 2 is 1.86 bits per heavy atom. The molecule has 0 aliphatic carbocycles. The molecule has 2 aromatic carbocycles. The molecule has 0 unspecified atom stereocenters. The summed E-state index contributed by atoms with van der Waals surface area (Å²) >= 11 is 0. The number of nitrogens with zero attached hydrogens (tertiary/aromatic N) is 3. The summed E-state index contributed by atoms with van der Waals surface area (Å²) in [6.07, 6.45) is 8.21. The van der Waals surface area contributed by atoms with Gasteiger partial charge in [0.15, 0.2) is 6.61 Å². The van der Waals surface area contributed by atoms with Crippen molar-refractivity contribution in [1.29, 1.82) is 0 Å². The molecule has 0 spiro atoms. The van der Waals surface area contributed by atoms with Gasteiger partial charge in [-0.15, -0.1) is 0 Å². The zero-order valence-corrected chi connectivity index (χ0v) is 19.4. The molecule has 8 nitrogen and oxygen atoms in total. The van der Waals surface area contributed by atoms with Gasteiger partial charge in [0, 0.05) is 35.8 Å². The van der Waals surface area contributed by atoms with E-state index in [0.717, 1.165) is 27.9 Å². The molecule has 0 aliphatic heterocycles. The second-order valence-electron chi connectivity index (χ2n) is 7.88. The number of amides is 2. The predicted octanol–water partition coefficient (Wildman–Crippen LogP) is 3.79. The van der Waals surface area contributed by atoms with Crippen molar-refractivity contribution < 1.29 is 14.3 Å². The first-order valence-corrected chi connectivity index (χ1v) is 11.0. The van der Waals surface area contributed by atoms with Gasteiger partial charge < -0.3 is 4.74 Å². The SMILES string of the molecule is Cc1ccc(C)c(OCC(=O)NNC(=O)C=Cc2cn(-c3ccccc3)nc2-c2cccnc2)c1. The van der Waals surface area contributed by atoms with Gasteiger partial charge in [0.2, 0.25) is 0 Å². The molecule has 176 valence electrons. The summed E-state index contributed by atoms with van der Waals surface area (Å²) in [5.74, 6) is -0.333. The summed E-state index contributed by atoms with van der Waals surface area (Å²) < 4.78 is 7.29. The Bertz CT molecular complexity index is 1350. The number of ether oxygens (including phenoxy) is 1. The Kier molecular flexibility index (Phi) is 7.32. The lowest BCUT2D eigenvalue weighted by molar-refractivity contribution is -0.128. The van der Waals surface area contributed by atoms with Crippen LogP contribution in [0.3, 0.4) is 0 Å². The summed E-state index contributed by atoms with van der Waals surface area (Å²) in [6, 6.07) is 19.2. The number of para-hydroxylation sites is 1. The Morgan fingerprint density at radius 3 is 2.63 bits per heavy atom. The predicted molar refractivity (Wildman–Crippen MR) is 134 cm³/mol. The average molecular weight is 468 g/mol. The van der Waals surface area contributed by atoms with Crippen LogP contribution < -0.4 is 15.6 Å². The van der Waals surface area contributed by atoms with Crippen LogP contribution in [0, 0.1) is 13.8 Å². The van der Waals surface area contributed by atoms with E-state index in [1.54, 1.807) is 23.2 Å². The fourth-order valence-electron chi connectivity index (χ4n) is 3.33. The molecule has 8 heteroatoms. The van der Waals surface area contributed by atoms with Crippen LogP contribution in [0.25, 0.3) is 23.0 Å². The van der Waals surface area contributed by atoms with Crippen LogP contribution in [0.1, 0.15) is 16.7 Å². The highest BCUT2D eigenvalue weighted by Gasteiger charge is 2.11. The minimum Gasteiger partial charge on any atom is -0.483 e.